The lowest BCUT2D eigenvalue weighted by Gasteiger charge is -2.20. The van der Waals surface area contributed by atoms with Crippen molar-refractivity contribution in [3.05, 3.63) is 41.3 Å². The molecule has 0 fully saturated rings. The Bertz CT molecular complexity index is 925. The molecule has 0 saturated carbocycles. The lowest BCUT2D eigenvalue weighted by Crippen LogP contribution is -2.28. The molecule has 0 aliphatic carbocycles. The van der Waals surface area contributed by atoms with Crippen LogP contribution in [0.4, 0.5) is 10.3 Å². The number of ketones is 1. The van der Waals surface area contributed by atoms with Crippen molar-refractivity contribution < 1.29 is 17.6 Å². The van der Waals surface area contributed by atoms with Gasteiger partial charge in [0.1, 0.15) is 5.82 Å². The molecule has 0 N–H and O–H groups in total. The number of hydrogen-bond acceptors (Lipinski definition) is 5. The van der Waals surface area contributed by atoms with Crippen LogP contribution in [-0.2, 0) is 10.0 Å². The molecule has 1 aromatic heterocycles. The van der Waals surface area contributed by atoms with Crippen molar-refractivity contribution in [3.63, 3.8) is 0 Å². The Morgan fingerprint density at radius 2 is 1.77 bits per heavy atom. The fourth-order valence-electron chi connectivity index (χ4n) is 2.44. The maximum absolute atomic E-state index is 13.3. The third-order valence-electron chi connectivity index (χ3n) is 3.97. The number of halogens is 1. The fraction of sp³-hybridized carbons (Fsp3) is 0.389. The summed E-state index contributed by atoms with van der Waals surface area (Å²) in [6.07, 6.45) is 1.30. The lowest BCUT2D eigenvalue weighted by atomic mass is 9.94. The number of hydrogen-bond donors (Lipinski definition) is 0. The Morgan fingerprint density at radius 1 is 1.19 bits per heavy atom. The highest BCUT2D eigenvalue weighted by molar-refractivity contribution is 7.92. The smallest absolute Gasteiger partial charge is 0.239 e. The van der Waals surface area contributed by atoms with E-state index < -0.39 is 15.8 Å². The van der Waals surface area contributed by atoms with Gasteiger partial charge in [0.15, 0.2) is 5.78 Å². The molecule has 26 heavy (non-hydrogen) atoms. The van der Waals surface area contributed by atoms with Crippen LogP contribution >= 0.6 is 0 Å². The zero-order valence-corrected chi connectivity index (χ0v) is 16.3. The van der Waals surface area contributed by atoms with E-state index in [1.807, 2.05) is 13.8 Å². The topological polar surface area (TPSA) is 80.2 Å². The number of anilines is 1. The molecule has 0 aliphatic rings. The predicted octanol–water partition coefficient (Wildman–Crippen LogP) is 3.39. The number of benzene rings is 1. The summed E-state index contributed by atoms with van der Waals surface area (Å²) < 4.78 is 38.1. The van der Waals surface area contributed by atoms with Crippen LogP contribution in [0.25, 0.3) is 11.3 Å². The van der Waals surface area contributed by atoms with Gasteiger partial charge in [-0.1, -0.05) is 20.8 Å². The Hall–Kier alpha value is -2.35. The van der Waals surface area contributed by atoms with Gasteiger partial charge >= 0.3 is 0 Å². The minimum Gasteiger partial charge on any atom is -0.294 e. The van der Waals surface area contributed by atoms with Crippen molar-refractivity contribution >= 4 is 21.8 Å². The minimum atomic E-state index is -3.58. The summed E-state index contributed by atoms with van der Waals surface area (Å²) in [6, 6.07) is 5.57. The number of rotatable bonds is 6. The Kier molecular flexibility index (Phi) is 5.75. The van der Waals surface area contributed by atoms with E-state index in [2.05, 4.69) is 9.97 Å². The monoisotopic (exact) mass is 379 g/mol. The average molecular weight is 379 g/mol. The molecule has 2 aromatic rings. The zero-order chi connectivity index (χ0) is 19.6. The van der Waals surface area contributed by atoms with Gasteiger partial charge in [-0.3, -0.25) is 4.79 Å². The molecule has 1 heterocycles. The molecule has 0 saturated heterocycles. The standard InChI is InChI=1S/C18H22FN3O3S/c1-6-14(23)15-16(11(2)3)20-18(22(4)26(5,24)25)21-17(15)12-7-9-13(19)10-8-12/h7-11H,6H2,1-5H3. The quantitative estimate of drug-likeness (QED) is 0.719. The zero-order valence-electron chi connectivity index (χ0n) is 15.4. The largest absolute Gasteiger partial charge is 0.294 e. The van der Waals surface area contributed by atoms with E-state index in [-0.39, 0.29) is 24.1 Å². The van der Waals surface area contributed by atoms with Gasteiger partial charge in [0.2, 0.25) is 16.0 Å². The second kappa shape index (κ2) is 7.49. The Labute approximate surface area is 153 Å². The first-order valence-electron chi connectivity index (χ1n) is 8.21. The van der Waals surface area contributed by atoms with Gasteiger partial charge < -0.3 is 0 Å². The number of aromatic nitrogens is 2. The van der Waals surface area contributed by atoms with Crippen LogP contribution < -0.4 is 4.31 Å². The van der Waals surface area contributed by atoms with Crippen molar-refractivity contribution in [2.75, 3.05) is 17.6 Å². The van der Waals surface area contributed by atoms with Crippen molar-refractivity contribution in [1.82, 2.24) is 9.97 Å². The molecule has 0 amide bonds. The molecule has 140 valence electrons. The van der Waals surface area contributed by atoms with Crippen molar-refractivity contribution in [3.8, 4) is 11.3 Å². The predicted molar refractivity (Wildman–Crippen MR) is 99.4 cm³/mol. The molecule has 2 rings (SSSR count). The van der Waals surface area contributed by atoms with Crippen LogP contribution in [-0.4, -0.2) is 37.5 Å². The van der Waals surface area contributed by atoms with Crippen molar-refractivity contribution in [1.29, 1.82) is 0 Å². The third kappa shape index (κ3) is 4.07. The van der Waals surface area contributed by atoms with E-state index in [0.717, 1.165) is 10.6 Å². The number of carbonyl (C=O) groups is 1. The average Bonchev–Trinajstić information content (AvgIpc) is 2.59. The summed E-state index contributed by atoms with van der Waals surface area (Å²) in [4.78, 5) is 21.3. The molecule has 8 heteroatoms. The molecule has 0 bridgehead atoms. The maximum Gasteiger partial charge on any atom is 0.239 e. The third-order valence-corrected chi connectivity index (χ3v) is 5.13. The van der Waals surface area contributed by atoms with E-state index >= 15 is 0 Å². The second-order valence-electron chi connectivity index (χ2n) is 6.30. The Balaban J connectivity index is 2.86. The van der Waals surface area contributed by atoms with Crippen LogP contribution in [0.1, 0.15) is 49.2 Å². The molecule has 6 nitrogen and oxygen atoms in total. The number of nitrogens with zero attached hydrogens (tertiary/aromatic N) is 3. The van der Waals surface area contributed by atoms with Gasteiger partial charge in [-0.15, -0.1) is 0 Å². The van der Waals surface area contributed by atoms with Gasteiger partial charge in [0.25, 0.3) is 0 Å². The van der Waals surface area contributed by atoms with Gasteiger partial charge in [-0.25, -0.2) is 27.1 Å². The van der Waals surface area contributed by atoms with Gasteiger partial charge in [0.05, 0.1) is 23.2 Å². The van der Waals surface area contributed by atoms with Gasteiger partial charge in [-0.2, -0.15) is 0 Å². The maximum atomic E-state index is 13.3. The fourth-order valence-corrected chi connectivity index (χ4v) is 2.82. The number of Topliss-reactive ketones (excluding diaryl/α,β-unsaturated/α-hetero) is 1. The summed E-state index contributed by atoms with van der Waals surface area (Å²) >= 11 is 0. The number of carbonyl (C=O) groups excluding carboxylic acids is 1. The first-order valence-corrected chi connectivity index (χ1v) is 10.1. The van der Waals surface area contributed by atoms with Crippen LogP contribution in [0.15, 0.2) is 24.3 Å². The molecular formula is C18H22FN3O3S. The van der Waals surface area contributed by atoms with Crippen molar-refractivity contribution in [2.24, 2.45) is 0 Å². The minimum absolute atomic E-state index is 0.0248. The first-order chi connectivity index (χ1) is 12.1. The summed E-state index contributed by atoms with van der Waals surface area (Å²) in [5.41, 5.74) is 1.65. The van der Waals surface area contributed by atoms with E-state index in [9.17, 15) is 17.6 Å². The molecular weight excluding hydrogens is 357 g/mol. The Morgan fingerprint density at radius 3 is 2.23 bits per heavy atom. The normalized spacial score (nSPS) is 11.7. The molecule has 0 radical (unpaired) electrons. The number of sulfonamides is 1. The first kappa shape index (κ1) is 20.0. The summed E-state index contributed by atoms with van der Waals surface area (Å²) in [5.74, 6) is -0.720. The van der Waals surface area contributed by atoms with Crippen LogP contribution in [0, 0.1) is 5.82 Å². The van der Waals surface area contributed by atoms with Crippen LogP contribution in [0.5, 0.6) is 0 Å². The molecule has 0 unspecified atom stereocenters. The van der Waals surface area contributed by atoms with Crippen LogP contribution in [0.2, 0.25) is 0 Å². The summed E-state index contributed by atoms with van der Waals surface area (Å²) in [5, 5.41) is 0. The van der Waals surface area contributed by atoms with Crippen molar-refractivity contribution in [2.45, 2.75) is 33.1 Å². The summed E-state index contributed by atoms with van der Waals surface area (Å²) in [7, 11) is -2.23. The lowest BCUT2D eigenvalue weighted by molar-refractivity contribution is 0.0986. The summed E-state index contributed by atoms with van der Waals surface area (Å²) in [6.45, 7) is 5.47. The highest BCUT2D eigenvalue weighted by Crippen LogP contribution is 2.31. The van der Waals surface area contributed by atoms with Gasteiger partial charge in [0, 0.05) is 19.0 Å². The van der Waals surface area contributed by atoms with E-state index in [0.29, 0.717) is 22.5 Å². The highest BCUT2D eigenvalue weighted by atomic mass is 32.2. The highest BCUT2D eigenvalue weighted by Gasteiger charge is 2.25. The van der Waals surface area contributed by atoms with E-state index in [1.54, 1.807) is 6.92 Å². The molecule has 0 atom stereocenters. The SMILES string of the molecule is CCC(=O)c1c(-c2ccc(F)cc2)nc(N(C)S(C)(=O)=O)nc1C(C)C. The van der Waals surface area contributed by atoms with E-state index in [4.69, 9.17) is 0 Å². The van der Waals surface area contributed by atoms with Crippen LogP contribution in [0.3, 0.4) is 0 Å². The van der Waals surface area contributed by atoms with Gasteiger partial charge in [-0.05, 0) is 30.2 Å². The molecule has 1 aromatic carbocycles. The molecule has 0 spiro atoms. The van der Waals surface area contributed by atoms with E-state index in [1.165, 1.54) is 31.3 Å². The second-order valence-corrected chi connectivity index (χ2v) is 8.32. The molecule has 0 aliphatic heterocycles.